The normalized spacial score (nSPS) is 18.3. The summed E-state index contributed by atoms with van der Waals surface area (Å²) in [6, 6.07) is 7.80. The number of aromatic amines is 1. The van der Waals surface area contributed by atoms with Gasteiger partial charge in [-0.05, 0) is 56.2 Å². The summed E-state index contributed by atoms with van der Waals surface area (Å²) < 4.78 is 11.0. The van der Waals surface area contributed by atoms with Crippen molar-refractivity contribution in [3.8, 4) is 5.75 Å². The van der Waals surface area contributed by atoms with Crippen molar-refractivity contribution >= 4 is 10.9 Å². The predicted molar refractivity (Wildman–Crippen MR) is 95.6 cm³/mol. The van der Waals surface area contributed by atoms with E-state index in [1.54, 1.807) is 14.2 Å². The van der Waals surface area contributed by atoms with Gasteiger partial charge in [0.1, 0.15) is 5.75 Å². The Bertz CT molecular complexity index is 782. The van der Waals surface area contributed by atoms with Crippen molar-refractivity contribution in [2.24, 2.45) is 5.92 Å². The van der Waals surface area contributed by atoms with E-state index in [0.29, 0.717) is 12.5 Å². The monoisotopic (exact) mass is 330 g/mol. The van der Waals surface area contributed by atoms with Crippen molar-refractivity contribution in [3.05, 3.63) is 40.2 Å². The van der Waals surface area contributed by atoms with Crippen LogP contribution >= 0.6 is 0 Å². The first-order valence-electron chi connectivity index (χ1n) is 8.46. The van der Waals surface area contributed by atoms with Crippen LogP contribution in [0.3, 0.4) is 0 Å². The lowest BCUT2D eigenvalue weighted by Crippen LogP contribution is -2.50. The topological polar surface area (TPSA) is 63.4 Å². The Hall–Kier alpha value is -1.85. The molecule has 2 N–H and O–H groups in total. The van der Waals surface area contributed by atoms with Crippen LogP contribution in [0.5, 0.6) is 5.75 Å². The van der Waals surface area contributed by atoms with E-state index in [1.807, 2.05) is 24.3 Å². The van der Waals surface area contributed by atoms with Gasteiger partial charge in [0, 0.05) is 31.3 Å². The maximum atomic E-state index is 12.3. The average Bonchev–Trinajstić information content (AvgIpc) is 3.43. The molecule has 130 valence electrons. The highest BCUT2D eigenvalue weighted by molar-refractivity contribution is 5.80. The second-order valence-electron chi connectivity index (χ2n) is 6.84. The minimum Gasteiger partial charge on any atom is -0.497 e. The van der Waals surface area contributed by atoms with Gasteiger partial charge < -0.3 is 19.8 Å². The van der Waals surface area contributed by atoms with E-state index in [-0.39, 0.29) is 17.2 Å². The van der Waals surface area contributed by atoms with Gasteiger partial charge in [0.15, 0.2) is 0 Å². The van der Waals surface area contributed by atoms with Gasteiger partial charge >= 0.3 is 0 Å². The first-order valence-corrected chi connectivity index (χ1v) is 8.46. The molecule has 1 saturated carbocycles. The molecular formula is C19H26N2O3. The van der Waals surface area contributed by atoms with E-state index in [1.165, 1.54) is 12.8 Å². The Balaban J connectivity index is 1.77. The molecule has 0 bridgehead atoms. The third kappa shape index (κ3) is 3.19. The molecule has 0 amide bonds. The van der Waals surface area contributed by atoms with Gasteiger partial charge in [-0.25, -0.2) is 0 Å². The molecule has 1 aromatic heterocycles. The third-order valence-corrected chi connectivity index (χ3v) is 5.42. The summed E-state index contributed by atoms with van der Waals surface area (Å²) in [4.78, 5) is 15.3. The predicted octanol–water partition coefficient (Wildman–Crippen LogP) is 2.83. The maximum absolute atomic E-state index is 12.3. The largest absolute Gasteiger partial charge is 0.497 e. The molecule has 1 heterocycles. The molecule has 2 atom stereocenters. The van der Waals surface area contributed by atoms with Crippen LogP contribution in [0.25, 0.3) is 10.9 Å². The van der Waals surface area contributed by atoms with E-state index in [4.69, 9.17) is 9.47 Å². The first kappa shape index (κ1) is 17.0. The molecule has 0 aliphatic heterocycles. The number of aromatic nitrogens is 1. The molecule has 0 saturated heterocycles. The van der Waals surface area contributed by atoms with Crippen LogP contribution < -0.4 is 15.6 Å². The quantitative estimate of drug-likeness (QED) is 0.819. The highest BCUT2D eigenvalue weighted by Gasteiger charge is 2.45. The number of fused-ring (bicyclic) bond motifs is 1. The maximum Gasteiger partial charge on any atom is 0.252 e. The summed E-state index contributed by atoms with van der Waals surface area (Å²) >= 11 is 0. The molecule has 1 aliphatic carbocycles. The Morgan fingerprint density at radius 1 is 1.33 bits per heavy atom. The molecule has 2 aromatic rings. The Labute approximate surface area is 142 Å². The van der Waals surface area contributed by atoms with Crippen molar-refractivity contribution in [1.82, 2.24) is 10.3 Å². The Morgan fingerprint density at radius 3 is 2.71 bits per heavy atom. The zero-order valence-corrected chi connectivity index (χ0v) is 14.8. The molecule has 2 unspecified atom stereocenters. The van der Waals surface area contributed by atoms with Gasteiger partial charge in [0.25, 0.3) is 5.56 Å². The molecular weight excluding hydrogens is 304 g/mol. The van der Waals surface area contributed by atoms with Crippen molar-refractivity contribution in [2.75, 3.05) is 14.2 Å². The molecule has 24 heavy (non-hydrogen) atoms. The van der Waals surface area contributed by atoms with E-state index < -0.39 is 0 Å². The van der Waals surface area contributed by atoms with E-state index in [2.05, 4.69) is 24.1 Å². The smallest absolute Gasteiger partial charge is 0.252 e. The fourth-order valence-electron chi connectivity index (χ4n) is 3.30. The summed E-state index contributed by atoms with van der Waals surface area (Å²) in [6.07, 6.45) is 2.43. The molecule has 1 aromatic carbocycles. The third-order valence-electron chi connectivity index (χ3n) is 5.42. The number of hydrogen-bond acceptors (Lipinski definition) is 4. The summed E-state index contributed by atoms with van der Waals surface area (Å²) in [6.45, 7) is 4.80. The van der Waals surface area contributed by atoms with Crippen molar-refractivity contribution < 1.29 is 9.47 Å². The van der Waals surface area contributed by atoms with E-state index in [0.717, 1.165) is 22.2 Å². The molecule has 0 spiro atoms. The first-order chi connectivity index (χ1) is 11.5. The van der Waals surface area contributed by atoms with Crippen LogP contribution in [0, 0.1) is 5.92 Å². The van der Waals surface area contributed by atoms with E-state index >= 15 is 0 Å². The number of rotatable bonds is 7. The van der Waals surface area contributed by atoms with Crippen molar-refractivity contribution in [3.63, 3.8) is 0 Å². The van der Waals surface area contributed by atoms with Gasteiger partial charge in [-0.1, -0.05) is 0 Å². The lowest BCUT2D eigenvalue weighted by molar-refractivity contribution is -0.0396. The van der Waals surface area contributed by atoms with Crippen LogP contribution in [0.1, 0.15) is 32.3 Å². The fourth-order valence-corrected chi connectivity index (χ4v) is 3.30. The fraction of sp³-hybridized carbons (Fsp3) is 0.526. The molecule has 1 aliphatic rings. The van der Waals surface area contributed by atoms with Gasteiger partial charge in [-0.15, -0.1) is 0 Å². The Kier molecular flexibility index (Phi) is 4.65. The Morgan fingerprint density at radius 2 is 2.08 bits per heavy atom. The van der Waals surface area contributed by atoms with Crippen LogP contribution in [0.15, 0.2) is 29.1 Å². The summed E-state index contributed by atoms with van der Waals surface area (Å²) in [5.74, 6) is 1.34. The zero-order valence-electron chi connectivity index (χ0n) is 14.8. The molecule has 5 nitrogen and oxygen atoms in total. The number of benzene rings is 1. The summed E-state index contributed by atoms with van der Waals surface area (Å²) in [5.41, 5.74) is 1.27. The minimum atomic E-state index is -0.184. The molecule has 3 rings (SSSR count). The van der Waals surface area contributed by atoms with Gasteiger partial charge in [-0.3, -0.25) is 4.79 Å². The number of pyridine rings is 1. The van der Waals surface area contributed by atoms with E-state index in [9.17, 15) is 4.79 Å². The van der Waals surface area contributed by atoms with Crippen LogP contribution in [-0.2, 0) is 11.3 Å². The number of methoxy groups -OCH3 is 2. The van der Waals surface area contributed by atoms with Gasteiger partial charge in [0.05, 0.1) is 18.2 Å². The SMILES string of the molecule is COc1ccc2cc(CNC(C)C(C)(OC)C3CC3)c(=O)[nH]c2c1. The number of ether oxygens (including phenoxy) is 2. The molecule has 1 fully saturated rings. The summed E-state index contributed by atoms with van der Waals surface area (Å²) in [5, 5.41) is 4.47. The number of nitrogens with one attached hydrogen (secondary N) is 2. The number of H-pyrrole nitrogens is 1. The highest BCUT2D eigenvalue weighted by atomic mass is 16.5. The molecule has 5 heteroatoms. The van der Waals surface area contributed by atoms with Crippen LogP contribution in [0.4, 0.5) is 0 Å². The second kappa shape index (κ2) is 6.57. The van der Waals surface area contributed by atoms with Crippen LogP contribution in [-0.4, -0.2) is 30.8 Å². The minimum absolute atomic E-state index is 0.0685. The number of hydrogen-bond donors (Lipinski definition) is 2. The zero-order chi connectivity index (χ0) is 17.3. The average molecular weight is 330 g/mol. The van der Waals surface area contributed by atoms with Crippen LogP contribution in [0.2, 0.25) is 0 Å². The highest BCUT2D eigenvalue weighted by Crippen LogP contribution is 2.43. The lowest BCUT2D eigenvalue weighted by atomic mass is 9.91. The van der Waals surface area contributed by atoms with Gasteiger partial charge in [-0.2, -0.15) is 0 Å². The second-order valence-corrected chi connectivity index (χ2v) is 6.84. The summed E-state index contributed by atoms with van der Waals surface area (Å²) in [7, 11) is 3.39. The lowest BCUT2D eigenvalue weighted by Gasteiger charge is -2.35. The van der Waals surface area contributed by atoms with Gasteiger partial charge in [0.2, 0.25) is 0 Å². The van der Waals surface area contributed by atoms with Crippen molar-refractivity contribution in [2.45, 2.75) is 44.9 Å². The molecule has 0 radical (unpaired) electrons. The van der Waals surface area contributed by atoms with Crippen molar-refractivity contribution in [1.29, 1.82) is 0 Å². The standard InChI is InChI=1S/C19H26N2O3/c1-12(19(2,24-4)15-6-7-15)20-11-14-9-13-5-8-16(23-3)10-17(13)21-18(14)22/h5,8-10,12,15,20H,6-7,11H2,1-4H3,(H,21,22).